The number of carbonyl (C=O) groups is 1. The maximum atomic E-state index is 11.9. The van der Waals surface area contributed by atoms with Crippen molar-refractivity contribution < 1.29 is 4.79 Å². The van der Waals surface area contributed by atoms with Gasteiger partial charge in [0.2, 0.25) is 5.91 Å². The van der Waals surface area contributed by atoms with E-state index in [9.17, 15) is 4.79 Å². The zero-order valence-corrected chi connectivity index (χ0v) is 13.1. The lowest BCUT2D eigenvalue weighted by atomic mass is 10.2. The number of carbonyl (C=O) groups excluding carboxylic acids is 1. The molecular formula is C16H14BrN3O. The fourth-order valence-electron chi connectivity index (χ4n) is 1.78. The third-order valence-electron chi connectivity index (χ3n) is 2.88. The van der Waals surface area contributed by atoms with Crippen LogP contribution in [0.25, 0.3) is 0 Å². The highest BCUT2D eigenvalue weighted by Crippen LogP contribution is 2.20. The van der Waals surface area contributed by atoms with E-state index < -0.39 is 0 Å². The van der Waals surface area contributed by atoms with Crippen LogP contribution >= 0.6 is 15.9 Å². The van der Waals surface area contributed by atoms with Gasteiger partial charge in [0.25, 0.3) is 0 Å². The van der Waals surface area contributed by atoms with Gasteiger partial charge in [0.05, 0.1) is 17.8 Å². The largest absolute Gasteiger partial charge is 0.375 e. The molecule has 0 spiro atoms. The molecule has 0 aliphatic heterocycles. The molecular weight excluding hydrogens is 330 g/mol. The van der Waals surface area contributed by atoms with E-state index in [1.165, 1.54) is 0 Å². The van der Waals surface area contributed by atoms with Crippen LogP contribution in [0.1, 0.15) is 11.1 Å². The molecule has 0 saturated carbocycles. The van der Waals surface area contributed by atoms with Crippen LogP contribution in [-0.2, 0) is 4.79 Å². The minimum absolute atomic E-state index is 0.0962. The summed E-state index contributed by atoms with van der Waals surface area (Å²) in [7, 11) is 0. The van der Waals surface area contributed by atoms with E-state index in [2.05, 4.69) is 32.6 Å². The maximum absolute atomic E-state index is 11.9. The molecule has 2 aromatic carbocycles. The Kier molecular flexibility index (Phi) is 4.96. The Bertz CT molecular complexity index is 690. The SMILES string of the molecule is Cc1ccc(NC(=O)CNc2cc(Br)ccc2C#N)cc1. The topological polar surface area (TPSA) is 64.9 Å². The second-order valence-electron chi connectivity index (χ2n) is 4.57. The number of aryl methyl sites for hydroxylation is 1. The molecule has 0 unspecified atom stereocenters. The minimum Gasteiger partial charge on any atom is -0.375 e. The first-order chi connectivity index (χ1) is 10.1. The number of amides is 1. The fraction of sp³-hybridized carbons (Fsp3) is 0.125. The van der Waals surface area contributed by atoms with Crippen LogP contribution in [0.15, 0.2) is 46.9 Å². The Morgan fingerprint density at radius 3 is 2.62 bits per heavy atom. The summed E-state index contributed by atoms with van der Waals surface area (Å²) in [5.41, 5.74) is 3.02. The second-order valence-corrected chi connectivity index (χ2v) is 5.49. The maximum Gasteiger partial charge on any atom is 0.243 e. The Morgan fingerprint density at radius 1 is 1.24 bits per heavy atom. The first-order valence-corrected chi connectivity index (χ1v) is 7.18. The fourth-order valence-corrected chi connectivity index (χ4v) is 2.14. The Balaban J connectivity index is 1.97. The minimum atomic E-state index is -0.164. The quantitative estimate of drug-likeness (QED) is 0.889. The number of nitrogens with one attached hydrogen (secondary N) is 2. The van der Waals surface area contributed by atoms with E-state index >= 15 is 0 Å². The molecule has 4 nitrogen and oxygen atoms in total. The molecule has 0 heterocycles. The Morgan fingerprint density at radius 2 is 1.95 bits per heavy atom. The van der Waals surface area contributed by atoms with Crippen molar-refractivity contribution in [2.45, 2.75) is 6.92 Å². The van der Waals surface area contributed by atoms with Gasteiger partial charge >= 0.3 is 0 Å². The van der Waals surface area contributed by atoms with Crippen LogP contribution < -0.4 is 10.6 Å². The number of nitrogens with zero attached hydrogens (tertiary/aromatic N) is 1. The predicted molar refractivity (Wildman–Crippen MR) is 87.2 cm³/mol. The first-order valence-electron chi connectivity index (χ1n) is 6.38. The van der Waals surface area contributed by atoms with E-state index in [1.54, 1.807) is 18.2 Å². The molecule has 2 aromatic rings. The number of rotatable bonds is 4. The third kappa shape index (κ3) is 4.33. The summed E-state index contributed by atoms with van der Waals surface area (Å²) < 4.78 is 0.850. The van der Waals surface area contributed by atoms with Crippen LogP contribution in [0, 0.1) is 18.3 Å². The van der Waals surface area contributed by atoms with E-state index in [0.717, 1.165) is 15.7 Å². The van der Waals surface area contributed by atoms with Crippen LogP contribution in [0.4, 0.5) is 11.4 Å². The molecule has 0 fully saturated rings. The summed E-state index contributed by atoms with van der Waals surface area (Å²) in [5.74, 6) is -0.164. The molecule has 0 aliphatic rings. The second kappa shape index (κ2) is 6.91. The number of anilines is 2. The van der Waals surface area contributed by atoms with E-state index in [-0.39, 0.29) is 12.5 Å². The molecule has 106 valence electrons. The van der Waals surface area contributed by atoms with Crippen LogP contribution in [0.5, 0.6) is 0 Å². The summed E-state index contributed by atoms with van der Waals surface area (Å²) in [6.07, 6.45) is 0. The lowest BCUT2D eigenvalue weighted by Gasteiger charge is -2.09. The standard InChI is InChI=1S/C16H14BrN3O/c1-11-2-6-14(7-3-11)20-16(21)10-19-15-8-13(17)5-4-12(15)9-18/h2-8,19H,10H2,1H3,(H,20,21). The Labute approximate surface area is 131 Å². The summed E-state index contributed by atoms with van der Waals surface area (Å²) in [5, 5.41) is 14.8. The highest BCUT2D eigenvalue weighted by Gasteiger charge is 2.06. The number of nitriles is 1. The van der Waals surface area contributed by atoms with E-state index in [1.807, 2.05) is 31.2 Å². The van der Waals surface area contributed by atoms with Gasteiger partial charge in [-0.1, -0.05) is 33.6 Å². The molecule has 1 amide bonds. The monoisotopic (exact) mass is 343 g/mol. The smallest absolute Gasteiger partial charge is 0.243 e. The molecule has 0 aromatic heterocycles. The molecule has 0 aliphatic carbocycles. The van der Waals surface area contributed by atoms with Crippen LogP contribution in [0.2, 0.25) is 0 Å². The zero-order chi connectivity index (χ0) is 15.2. The van der Waals surface area contributed by atoms with Crippen LogP contribution in [-0.4, -0.2) is 12.5 Å². The van der Waals surface area contributed by atoms with Crippen molar-refractivity contribution in [1.82, 2.24) is 0 Å². The lowest BCUT2D eigenvalue weighted by molar-refractivity contribution is -0.114. The van der Waals surface area contributed by atoms with Gasteiger partial charge in [0, 0.05) is 10.2 Å². The molecule has 2 rings (SSSR count). The normalized spacial score (nSPS) is 9.76. The van der Waals surface area contributed by atoms with Gasteiger partial charge in [-0.25, -0.2) is 0 Å². The van der Waals surface area contributed by atoms with E-state index in [0.29, 0.717) is 11.3 Å². The van der Waals surface area contributed by atoms with Crippen molar-refractivity contribution in [1.29, 1.82) is 5.26 Å². The molecule has 0 radical (unpaired) electrons. The number of hydrogen-bond acceptors (Lipinski definition) is 3. The van der Waals surface area contributed by atoms with E-state index in [4.69, 9.17) is 5.26 Å². The average Bonchev–Trinajstić information content (AvgIpc) is 2.48. The highest BCUT2D eigenvalue weighted by atomic mass is 79.9. The van der Waals surface area contributed by atoms with Crippen molar-refractivity contribution in [2.24, 2.45) is 0 Å². The van der Waals surface area contributed by atoms with Gasteiger partial charge in [-0.05, 0) is 37.3 Å². The van der Waals surface area contributed by atoms with Gasteiger partial charge in [0.1, 0.15) is 6.07 Å². The highest BCUT2D eigenvalue weighted by molar-refractivity contribution is 9.10. The van der Waals surface area contributed by atoms with Gasteiger partial charge in [-0.2, -0.15) is 5.26 Å². The van der Waals surface area contributed by atoms with Crippen molar-refractivity contribution in [2.75, 3.05) is 17.2 Å². The molecule has 0 atom stereocenters. The predicted octanol–water partition coefficient (Wildman–Crippen LogP) is 3.68. The Hall–Kier alpha value is -2.32. The molecule has 5 heteroatoms. The molecule has 21 heavy (non-hydrogen) atoms. The summed E-state index contributed by atoms with van der Waals surface area (Å²) >= 11 is 3.34. The van der Waals surface area contributed by atoms with Crippen molar-refractivity contribution in [3.05, 3.63) is 58.1 Å². The average molecular weight is 344 g/mol. The zero-order valence-electron chi connectivity index (χ0n) is 11.5. The third-order valence-corrected chi connectivity index (χ3v) is 3.37. The molecule has 2 N–H and O–H groups in total. The summed E-state index contributed by atoms with van der Waals surface area (Å²) in [6, 6.07) is 14.9. The van der Waals surface area contributed by atoms with Gasteiger partial charge < -0.3 is 10.6 Å². The lowest BCUT2D eigenvalue weighted by Crippen LogP contribution is -2.22. The van der Waals surface area contributed by atoms with Gasteiger partial charge in [0.15, 0.2) is 0 Å². The number of hydrogen-bond donors (Lipinski definition) is 2. The van der Waals surface area contributed by atoms with Crippen molar-refractivity contribution in [3.8, 4) is 6.07 Å². The molecule has 0 saturated heterocycles. The summed E-state index contributed by atoms with van der Waals surface area (Å²) in [6.45, 7) is 2.09. The summed E-state index contributed by atoms with van der Waals surface area (Å²) in [4.78, 5) is 11.9. The van der Waals surface area contributed by atoms with Gasteiger partial charge in [-0.3, -0.25) is 4.79 Å². The van der Waals surface area contributed by atoms with Crippen molar-refractivity contribution >= 4 is 33.2 Å². The van der Waals surface area contributed by atoms with Crippen molar-refractivity contribution in [3.63, 3.8) is 0 Å². The number of benzene rings is 2. The molecule has 0 bridgehead atoms. The van der Waals surface area contributed by atoms with Crippen LogP contribution in [0.3, 0.4) is 0 Å². The number of halogens is 1. The first kappa shape index (κ1) is 15.1. The van der Waals surface area contributed by atoms with Gasteiger partial charge in [-0.15, -0.1) is 0 Å².